The SMILES string of the molecule is O=C(O)CNC(=O)CNC(=O)Cn1ncc2ccccc2c1=O. The zero-order valence-electron chi connectivity index (χ0n) is 12.0. The van der Waals surface area contributed by atoms with Gasteiger partial charge < -0.3 is 15.7 Å². The van der Waals surface area contributed by atoms with Crippen LogP contribution < -0.4 is 16.2 Å². The van der Waals surface area contributed by atoms with E-state index in [1.165, 1.54) is 6.20 Å². The molecule has 2 aromatic rings. The zero-order chi connectivity index (χ0) is 16.8. The van der Waals surface area contributed by atoms with E-state index in [2.05, 4.69) is 15.7 Å². The minimum atomic E-state index is -1.18. The van der Waals surface area contributed by atoms with Crippen LogP contribution in [-0.4, -0.2) is 45.8 Å². The van der Waals surface area contributed by atoms with E-state index in [0.29, 0.717) is 10.8 Å². The molecule has 3 N–H and O–H groups in total. The molecule has 23 heavy (non-hydrogen) atoms. The summed E-state index contributed by atoms with van der Waals surface area (Å²) in [7, 11) is 0. The molecule has 0 aliphatic carbocycles. The van der Waals surface area contributed by atoms with Crippen LogP contribution in [0.25, 0.3) is 10.8 Å². The maximum Gasteiger partial charge on any atom is 0.322 e. The van der Waals surface area contributed by atoms with Crippen molar-refractivity contribution in [2.75, 3.05) is 13.1 Å². The van der Waals surface area contributed by atoms with Gasteiger partial charge in [-0.25, -0.2) is 4.68 Å². The number of hydrogen-bond acceptors (Lipinski definition) is 5. The lowest BCUT2D eigenvalue weighted by molar-refractivity contribution is -0.137. The molecule has 0 saturated heterocycles. The van der Waals surface area contributed by atoms with Crippen LogP contribution >= 0.6 is 0 Å². The van der Waals surface area contributed by atoms with Gasteiger partial charge in [-0.05, 0) is 6.07 Å². The molecule has 1 heterocycles. The van der Waals surface area contributed by atoms with Gasteiger partial charge in [0.2, 0.25) is 11.8 Å². The van der Waals surface area contributed by atoms with E-state index in [0.717, 1.165) is 4.68 Å². The Hall–Kier alpha value is -3.23. The van der Waals surface area contributed by atoms with E-state index < -0.39 is 29.9 Å². The van der Waals surface area contributed by atoms with Crippen LogP contribution in [0, 0.1) is 0 Å². The molecule has 2 rings (SSSR count). The van der Waals surface area contributed by atoms with Crippen LogP contribution in [0.2, 0.25) is 0 Å². The number of nitrogens with zero attached hydrogens (tertiary/aromatic N) is 2. The first-order valence-electron chi connectivity index (χ1n) is 6.67. The van der Waals surface area contributed by atoms with Gasteiger partial charge in [-0.1, -0.05) is 18.2 Å². The summed E-state index contributed by atoms with van der Waals surface area (Å²) in [4.78, 5) is 45.4. The van der Waals surface area contributed by atoms with E-state index in [4.69, 9.17) is 5.11 Å². The normalized spacial score (nSPS) is 10.3. The number of rotatable bonds is 6. The molecule has 0 fully saturated rings. The van der Waals surface area contributed by atoms with Crippen LogP contribution in [0.4, 0.5) is 0 Å². The number of carboxylic acids is 1. The second-order valence-corrected chi connectivity index (χ2v) is 4.64. The maximum absolute atomic E-state index is 12.2. The largest absolute Gasteiger partial charge is 0.480 e. The van der Waals surface area contributed by atoms with Crippen molar-refractivity contribution in [2.45, 2.75) is 6.54 Å². The highest BCUT2D eigenvalue weighted by Crippen LogP contribution is 2.05. The molecule has 0 aliphatic heterocycles. The highest BCUT2D eigenvalue weighted by atomic mass is 16.4. The Morgan fingerprint density at radius 3 is 2.52 bits per heavy atom. The van der Waals surface area contributed by atoms with Crippen molar-refractivity contribution in [1.29, 1.82) is 0 Å². The van der Waals surface area contributed by atoms with Gasteiger partial charge in [0.25, 0.3) is 5.56 Å². The number of hydrogen-bond donors (Lipinski definition) is 3. The molecule has 0 radical (unpaired) electrons. The molecule has 1 aromatic heterocycles. The molecule has 0 spiro atoms. The molecule has 0 atom stereocenters. The number of fused-ring (bicyclic) bond motifs is 1. The van der Waals surface area contributed by atoms with Gasteiger partial charge in [0.15, 0.2) is 0 Å². The second kappa shape index (κ2) is 7.16. The first-order chi connectivity index (χ1) is 11.0. The van der Waals surface area contributed by atoms with E-state index in [-0.39, 0.29) is 13.1 Å². The van der Waals surface area contributed by atoms with Gasteiger partial charge in [-0.15, -0.1) is 0 Å². The number of carbonyl (C=O) groups excluding carboxylic acids is 2. The van der Waals surface area contributed by atoms with E-state index >= 15 is 0 Å². The fourth-order valence-corrected chi connectivity index (χ4v) is 1.85. The summed E-state index contributed by atoms with van der Waals surface area (Å²) in [6.07, 6.45) is 1.48. The van der Waals surface area contributed by atoms with Crippen LogP contribution in [0.1, 0.15) is 0 Å². The summed E-state index contributed by atoms with van der Waals surface area (Å²) in [5.74, 6) is -2.41. The molecule has 120 valence electrons. The molecular formula is C14H14N4O5. The van der Waals surface area contributed by atoms with E-state index in [1.54, 1.807) is 24.3 Å². The molecule has 2 amide bonds. The monoisotopic (exact) mass is 318 g/mol. The quantitative estimate of drug-likeness (QED) is 0.608. The third-order valence-electron chi connectivity index (χ3n) is 2.94. The summed E-state index contributed by atoms with van der Waals surface area (Å²) in [5, 5.41) is 17.8. The minimum absolute atomic E-state index is 0.337. The number of carboxylic acid groups (broad SMARTS) is 1. The fraction of sp³-hybridized carbons (Fsp3) is 0.214. The molecule has 0 aliphatic rings. The van der Waals surface area contributed by atoms with Crippen LogP contribution in [0.5, 0.6) is 0 Å². The molecule has 1 aromatic carbocycles. The third kappa shape index (κ3) is 4.37. The van der Waals surface area contributed by atoms with Crippen LogP contribution in [0.15, 0.2) is 35.3 Å². The Bertz CT molecular complexity index is 814. The summed E-state index contributed by atoms with van der Waals surface area (Å²) in [6, 6.07) is 6.85. The average Bonchev–Trinajstić information content (AvgIpc) is 2.54. The lowest BCUT2D eigenvalue weighted by Gasteiger charge is -2.07. The molecule has 0 saturated carbocycles. The number of amides is 2. The summed E-state index contributed by atoms with van der Waals surface area (Å²) >= 11 is 0. The maximum atomic E-state index is 12.2. The zero-order valence-corrected chi connectivity index (χ0v) is 12.0. The lowest BCUT2D eigenvalue weighted by atomic mass is 10.2. The number of aliphatic carboxylic acids is 1. The predicted molar refractivity (Wildman–Crippen MR) is 79.7 cm³/mol. The Kier molecular flexibility index (Phi) is 5.03. The van der Waals surface area contributed by atoms with Gasteiger partial charge in [0.05, 0.1) is 18.1 Å². The third-order valence-corrected chi connectivity index (χ3v) is 2.94. The standard InChI is InChI=1S/C14H14N4O5/c19-11(16-7-13(21)22)6-15-12(20)8-18-14(23)10-4-2-1-3-9(10)5-17-18/h1-5H,6-8H2,(H,15,20)(H,16,19)(H,21,22). The summed E-state index contributed by atoms with van der Waals surface area (Å²) in [6.45, 7) is -1.25. The molecule has 9 nitrogen and oxygen atoms in total. The van der Waals surface area contributed by atoms with Crippen molar-refractivity contribution in [1.82, 2.24) is 20.4 Å². The van der Waals surface area contributed by atoms with Crippen molar-refractivity contribution in [3.63, 3.8) is 0 Å². The van der Waals surface area contributed by atoms with Gasteiger partial charge in [0, 0.05) is 5.39 Å². The van der Waals surface area contributed by atoms with Gasteiger partial charge in [-0.3, -0.25) is 19.2 Å². The van der Waals surface area contributed by atoms with Gasteiger partial charge in [-0.2, -0.15) is 5.10 Å². The smallest absolute Gasteiger partial charge is 0.322 e. The molecule has 0 bridgehead atoms. The number of carbonyl (C=O) groups is 3. The van der Waals surface area contributed by atoms with E-state index in [9.17, 15) is 19.2 Å². The average molecular weight is 318 g/mol. The molecule has 9 heteroatoms. The Labute approximate surface area is 129 Å². The molecular weight excluding hydrogens is 304 g/mol. The van der Waals surface area contributed by atoms with Gasteiger partial charge >= 0.3 is 5.97 Å². The number of nitrogens with one attached hydrogen (secondary N) is 2. The van der Waals surface area contributed by atoms with Crippen molar-refractivity contribution >= 4 is 28.6 Å². The Balaban J connectivity index is 1.96. The van der Waals surface area contributed by atoms with Crippen molar-refractivity contribution < 1.29 is 19.5 Å². The second-order valence-electron chi connectivity index (χ2n) is 4.64. The highest BCUT2D eigenvalue weighted by Gasteiger charge is 2.10. The Morgan fingerprint density at radius 1 is 1.09 bits per heavy atom. The fourth-order valence-electron chi connectivity index (χ4n) is 1.85. The Morgan fingerprint density at radius 2 is 1.78 bits per heavy atom. The highest BCUT2D eigenvalue weighted by molar-refractivity contribution is 5.86. The number of aromatic nitrogens is 2. The summed E-state index contributed by atoms with van der Waals surface area (Å²) in [5.41, 5.74) is -0.409. The van der Waals surface area contributed by atoms with Crippen molar-refractivity contribution in [2.24, 2.45) is 0 Å². The topological polar surface area (TPSA) is 130 Å². The first kappa shape index (κ1) is 16.1. The first-order valence-corrected chi connectivity index (χ1v) is 6.67. The lowest BCUT2D eigenvalue weighted by Crippen LogP contribution is -2.41. The molecule has 0 unspecified atom stereocenters. The minimum Gasteiger partial charge on any atom is -0.480 e. The van der Waals surface area contributed by atoms with Gasteiger partial charge in [0.1, 0.15) is 13.1 Å². The van der Waals surface area contributed by atoms with E-state index in [1.807, 2.05) is 0 Å². The van der Waals surface area contributed by atoms with Crippen molar-refractivity contribution in [3.8, 4) is 0 Å². The van der Waals surface area contributed by atoms with Crippen LogP contribution in [0.3, 0.4) is 0 Å². The van der Waals surface area contributed by atoms with Crippen LogP contribution in [-0.2, 0) is 20.9 Å². The number of benzene rings is 1. The summed E-state index contributed by atoms with van der Waals surface area (Å²) < 4.78 is 0.993. The van der Waals surface area contributed by atoms with Crippen molar-refractivity contribution in [3.05, 3.63) is 40.8 Å². The predicted octanol–water partition coefficient (Wildman–Crippen LogP) is -1.29.